The molecule has 1 aromatic heterocycles. The van der Waals surface area contributed by atoms with E-state index in [2.05, 4.69) is 26.8 Å². The SMILES string of the molecule is C#CCNc1cccc(-c2nnnn2C2CC2)c1. The lowest BCUT2D eigenvalue weighted by molar-refractivity contribution is 0.615. The number of anilines is 1. The molecule has 2 aromatic rings. The van der Waals surface area contributed by atoms with Crippen LogP contribution in [0.3, 0.4) is 0 Å². The molecule has 1 fully saturated rings. The van der Waals surface area contributed by atoms with Gasteiger partial charge in [0.25, 0.3) is 0 Å². The molecule has 0 saturated heterocycles. The zero-order chi connectivity index (χ0) is 12.4. The second-order valence-electron chi connectivity index (χ2n) is 4.32. The van der Waals surface area contributed by atoms with Crippen molar-refractivity contribution in [3.63, 3.8) is 0 Å². The summed E-state index contributed by atoms with van der Waals surface area (Å²) in [4.78, 5) is 0. The van der Waals surface area contributed by atoms with Crippen LogP contribution in [-0.4, -0.2) is 26.8 Å². The van der Waals surface area contributed by atoms with Crippen LogP contribution in [0.15, 0.2) is 24.3 Å². The van der Waals surface area contributed by atoms with Crippen LogP contribution >= 0.6 is 0 Å². The van der Waals surface area contributed by atoms with Crippen LogP contribution in [0.1, 0.15) is 18.9 Å². The van der Waals surface area contributed by atoms with Crippen molar-refractivity contribution in [3.8, 4) is 23.7 Å². The van der Waals surface area contributed by atoms with Gasteiger partial charge in [-0.25, -0.2) is 4.68 Å². The van der Waals surface area contributed by atoms with Gasteiger partial charge in [-0.15, -0.1) is 11.5 Å². The maximum Gasteiger partial charge on any atom is 0.182 e. The number of hydrogen-bond acceptors (Lipinski definition) is 4. The summed E-state index contributed by atoms with van der Waals surface area (Å²) in [6.45, 7) is 0.511. The van der Waals surface area contributed by atoms with Crippen molar-refractivity contribution in [2.24, 2.45) is 0 Å². The molecule has 1 heterocycles. The van der Waals surface area contributed by atoms with E-state index >= 15 is 0 Å². The molecule has 0 amide bonds. The molecule has 0 spiro atoms. The maximum absolute atomic E-state index is 5.23. The minimum atomic E-state index is 0.470. The lowest BCUT2D eigenvalue weighted by atomic mass is 10.2. The number of aromatic nitrogens is 4. The molecule has 1 aromatic carbocycles. The van der Waals surface area contributed by atoms with E-state index < -0.39 is 0 Å². The van der Waals surface area contributed by atoms with Gasteiger partial charge >= 0.3 is 0 Å². The number of nitrogens with zero attached hydrogens (tertiary/aromatic N) is 4. The summed E-state index contributed by atoms with van der Waals surface area (Å²) in [5.74, 6) is 3.37. The highest BCUT2D eigenvalue weighted by atomic mass is 15.6. The minimum absolute atomic E-state index is 0.470. The average molecular weight is 239 g/mol. The summed E-state index contributed by atoms with van der Waals surface area (Å²) in [5.41, 5.74) is 1.99. The van der Waals surface area contributed by atoms with Gasteiger partial charge in [0.05, 0.1) is 12.6 Å². The fraction of sp³-hybridized carbons (Fsp3) is 0.308. The van der Waals surface area contributed by atoms with Gasteiger partial charge in [-0.1, -0.05) is 18.1 Å². The van der Waals surface area contributed by atoms with Crippen molar-refractivity contribution in [1.29, 1.82) is 0 Å². The quantitative estimate of drug-likeness (QED) is 0.825. The zero-order valence-corrected chi connectivity index (χ0v) is 9.87. The molecular weight excluding hydrogens is 226 g/mol. The van der Waals surface area contributed by atoms with Crippen LogP contribution in [0.2, 0.25) is 0 Å². The molecule has 0 bridgehead atoms. The zero-order valence-electron chi connectivity index (χ0n) is 9.87. The Kier molecular flexibility index (Phi) is 2.69. The van der Waals surface area contributed by atoms with Gasteiger partial charge in [0.15, 0.2) is 5.82 Å². The largest absolute Gasteiger partial charge is 0.374 e. The fourth-order valence-electron chi connectivity index (χ4n) is 1.87. The first kappa shape index (κ1) is 10.8. The molecule has 1 saturated carbocycles. The predicted molar refractivity (Wildman–Crippen MR) is 68.8 cm³/mol. The summed E-state index contributed by atoms with van der Waals surface area (Å²) in [6, 6.07) is 8.44. The van der Waals surface area contributed by atoms with E-state index in [0.29, 0.717) is 12.6 Å². The molecule has 90 valence electrons. The summed E-state index contributed by atoms with van der Waals surface area (Å²) in [5, 5.41) is 15.1. The lowest BCUT2D eigenvalue weighted by Crippen LogP contribution is -2.01. The van der Waals surface area contributed by atoms with Crippen LogP contribution in [0.25, 0.3) is 11.4 Å². The van der Waals surface area contributed by atoms with Gasteiger partial charge in [-0.3, -0.25) is 0 Å². The average Bonchev–Trinajstić information content (AvgIpc) is 3.14. The molecule has 0 atom stereocenters. The van der Waals surface area contributed by atoms with Crippen molar-refractivity contribution in [3.05, 3.63) is 24.3 Å². The van der Waals surface area contributed by atoms with Gasteiger partial charge in [0.2, 0.25) is 0 Å². The van der Waals surface area contributed by atoms with E-state index in [-0.39, 0.29) is 0 Å². The first-order valence-electron chi connectivity index (χ1n) is 5.94. The van der Waals surface area contributed by atoms with Crippen LogP contribution < -0.4 is 5.32 Å². The third-order valence-corrected chi connectivity index (χ3v) is 2.90. The predicted octanol–water partition coefficient (Wildman–Crippen LogP) is 1.72. The molecule has 0 radical (unpaired) electrons. The molecule has 3 rings (SSSR count). The van der Waals surface area contributed by atoms with Crippen LogP contribution in [0, 0.1) is 12.3 Å². The molecule has 1 aliphatic rings. The number of tetrazole rings is 1. The number of benzene rings is 1. The van der Waals surface area contributed by atoms with Crippen molar-refractivity contribution < 1.29 is 0 Å². The Morgan fingerprint density at radius 1 is 1.44 bits per heavy atom. The first-order valence-corrected chi connectivity index (χ1v) is 5.94. The Bertz CT molecular complexity index is 591. The normalized spacial score (nSPS) is 14.2. The van der Waals surface area contributed by atoms with Crippen LogP contribution in [0.5, 0.6) is 0 Å². The highest BCUT2D eigenvalue weighted by Crippen LogP contribution is 2.36. The van der Waals surface area contributed by atoms with Crippen LogP contribution in [0.4, 0.5) is 5.69 Å². The van der Waals surface area contributed by atoms with Gasteiger partial charge in [0, 0.05) is 11.3 Å². The summed E-state index contributed by atoms with van der Waals surface area (Å²) < 4.78 is 1.90. The Balaban J connectivity index is 1.91. The molecule has 1 N–H and O–H groups in total. The third-order valence-electron chi connectivity index (χ3n) is 2.90. The first-order chi connectivity index (χ1) is 8.88. The van der Waals surface area contributed by atoms with Crippen molar-refractivity contribution >= 4 is 5.69 Å². The lowest BCUT2D eigenvalue weighted by Gasteiger charge is -2.06. The van der Waals surface area contributed by atoms with Gasteiger partial charge in [-0.2, -0.15) is 0 Å². The number of nitrogens with one attached hydrogen (secondary N) is 1. The molecule has 1 aliphatic carbocycles. The molecule has 5 heteroatoms. The fourth-order valence-corrected chi connectivity index (χ4v) is 1.87. The summed E-state index contributed by atoms with van der Waals surface area (Å²) >= 11 is 0. The van der Waals surface area contributed by atoms with Gasteiger partial charge < -0.3 is 5.32 Å². The van der Waals surface area contributed by atoms with Crippen molar-refractivity contribution in [2.75, 3.05) is 11.9 Å². The third kappa shape index (κ3) is 2.05. The van der Waals surface area contributed by atoms with E-state index in [1.165, 1.54) is 0 Å². The van der Waals surface area contributed by atoms with E-state index in [0.717, 1.165) is 29.9 Å². The summed E-state index contributed by atoms with van der Waals surface area (Å²) in [7, 11) is 0. The smallest absolute Gasteiger partial charge is 0.182 e. The molecular formula is C13H13N5. The summed E-state index contributed by atoms with van der Waals surface area (Å²) in [6.07, 6.45) is 7.55. The standard InChI is InChI=1S/C13H13N5/c1-2-8-14-11-5-3-4-10(9-11)13-15-16-17-18(13)12-6-7-12/h1,3-5,9,12,14H,6-8H2. The number of hydrogen-bond donors (Lipinski definition) is 1. The monoisotopic (exact) mass is 239 g/mol. The molecule has 5 nitrogen and oxygen atoms in total. The van der Waals surface area contributed by atoms with Gasteiger partial charge in [0.1, 0.15) is 0 Å². The van der Waals surface area contributed by atoms with E-state index in [1.54, 1.807) is 0 Å². The van der Waals surface area contributed by atoms with Crippen molar-refractivity contribution in [2.45, 2.75) is 18.9 Å². The highest BCUT2D eigenvalue weighted by Gasteiger charge is 2.28. The Hall–Kier alpha value is -2.35. The van der Waals surface area contributed by atoms with E-state index in [9.17, 15) is 0 Å². The van der Waals surface area contributed by atoms with Crippen molar-refractivity contribution in [1.82, 2.24) is 20.2 Å². The van der Waals surface area contributed by atoms with Gasteiger partial charge in [-0.05, 0) is 35.4 Å². The Labute approximate surface area is 105 Å². The Morgan fingerprint density at radius 2 is 2.33 bits per heavy atom. The van der Waals surface area contributed by atoms with E-state index in [4.69, 9.17) is 6.42 Å². The molecule has 0 aliphatic heterocycles. The Morgan fingerprint density at radius 3 is 3.11 bits per heavy atom. The highest BCUT2D eigenvalue weighted by molar-refractivity contribution is 5.62. The molecule has 18 heavy (non-hydrogen) atoms. The van der Waals surface area contributed by atoms with E-state index in [1.807, 2.05) is 28.9 Å². The van der Waals surface area contributed by atoms with Crippen LogP contribution in [-0.2, 0) is 0 Å². The number of rotatable bonds is 4. The second-order valence-corrected chi connectivity index (χ2v) is 4.32. The second kappa shape index (κ2) is 4.49. The molecule has 0 unspecified atom stereocenters. The minimum Gasteiger partial charge on any atom is -0.374 e. The topological polar surface area (TPSA) is 55.6 Å². The number of terminal acetylenes is 1. The maximum atomic E-state index is 5.23.